The highest BCUT2D eigenvalue weighted by Crippen LogP contribution is 2.18. The Kier molecular flexibility index (Phi) is 5.08. The SMILES string of the molecule is O=C(NCc1ccc(N2CCCC2)nc1)Nc1ccc([N+](=O)[O-])cc1. The van der Waals surface area contributed by atoms with Crippen molar-refractivity contribution in [3.05, 3.63) is 58.3 Å². The molecule has 2 aromatic rings. The molecule has 1 aliphatic rings. The summed E-state index contributed by atoms with van der Waals surface area (Å²) >= 11 is 0. The van der Waals surface area contributed by atoms with Crippen molar-refractivity contribution in [3.63, 3.8) is 0 Å². The molecule has 8 heteroatoms. The van der Waals surface area contributed by atoms with Crippen LogP contribution in [0.2, 0.25) is 0 Å². The molecule has 0 spiro atoms. The molecule has 8 nitrogen and oxygen atoms in total. The van der Waals surface area contributed by atoms with Gasteiger partial charge < -0.3 is 15.5 Å². The van der Waals surface area contributed by atoms with Crippen LogP contribution in [0.3, 0.4) is 0 Å². The summed E-state index contributed by atoms with van der Waals surface area (Å²) in [6, 6.07) is 9.21. The minimum absolute atomic E-state index is 0.0184. The van der Waals surface area contributed by atoms with E-state index in [1.165, 1.54) is 37.1 Å². The van der Waals surface area contributed by atoms with Crippen molar-refractivity contribution in [2.45, 2.75) is 19.4 Å². The average molecular weight is 341 g/mol. The van der Waals surface area contributed by atoms with Crippen LogP contribution < -0.4 is 15.5 Å². The summed E-state index contributed by atoms with van der Waals surface area (Å²) in [6.45, 7) is 2.44. The summed E-state index contributed by atoms with van der Waals surface area (Å²) in [4.78, 5) is 28.7. The van der Waals surface area contributed by atoms with Crippen molar-refractivity contribution in [2.75, 3.05) is 23.3 Å². The standard InChI is InChI=1S/C17H19N5O3/c23-17(20-14-4-6-15(7-5-14)22(24)25)19-12-13-3-8-16(18-11-13)21-9-1-2-10-21/h3-8,11H,1-2,9-10,12H2,(H2,19,20,23). The van der Waals surface area contributed by atoms with Gasteiger partial charge in [-0.05, 0) is 36.6 Å². The number of nitro benzene ring substituents is 1. The smallest absolute Gasteiger partial charge is 0.319 e. The molecule has 3 rings (SSSR count). The Balaban J connectivity index is 1.49. The molecule has 1 aromatic heterocycles. The molecule has 1 fully saturated rings. The van der Waals surface area contributed by atoms with Gasteiger partial charge in [0.05, 0.1) is 4.92 Å². The van der Waals surface area contributed by atoms with E-state index in [4.69, 9.17) is 0 Å². The van der Waals surface area contributed by atoms with Crippen molar-refractivity contribution in [1.29, 1.82) is 0 Å². The van der Waals surface area contributed by atoms with E-state index in [9.17, 15) is 14.9 Å². The number of nitrogens with zero attached hydrogens (tertiary/aromatic N) is 3. The fourth-order valence-electron chi connectivity index (χ4n) is 2.68. The van der Waals surface area contributed by atoms with Crippen molar-refractivity contribution in [3.8, 4) is 0 Å². The first-order valence-corrected chi connectivity index (χ1v) is 8.11. The highest BCUT2D eigenvalue weighted by Gasteiger charge is 2.13. The lowest BCUT2D eigenvalue weighted by Crippen LogP contribution is -2.28. The number of amides is 2. The van der Waals surface area contributed by atoms with E-state index >= 15 is 0 Å². The summed E-state index contributed by atoms with van der Waals surface area (Å²) in [7, 11) is 0. The van der Waals surface area contributed by atoms with Crippen molar-refractivity contribution in [1.82, 2.24) is 10.3 Å². The largest absolute Gasteiger partial charge is 0.357 e. The first-order valence-electron chi connectivity index (χ1n) is 8.11. The number of nitro groups is 1. The maximum absolute atomic E-state index is 11.9. The van der Waals surface area contributed by atoms with Crippen LogP contribution in [0.5, 0.6) is 0 Å². The maximum Gasteiger partial charge on any atom is 0.319 e. The van der Waals surface area contributed by atoms with E-state index in [1.54, 1.807) is 6.20 Å². The second kappa shape index (κ2) is 7.61. The molecule has 130 valence electrons. The molecule has 25 heavy (non-hydrogen) atoms. The molecule has 1 aliphatic heterocycles. The minimum Gasteiger partial charge on any atom is -0.357 e. The number of nitrogens with one attached hydrogen (secondary N) is 2. The van der Waals surface area contributed by atoms with E-state index in [-0.39, 0.29) is 11.7 Å². The summed E-state index contributed by atoms with van der Waals surface area (Å²) in [6.07, 6.45) is 4.17. The number of urea groups is 1. The normalized spacial score (nSPS) is 13.5. The topological polar surface area (TPSA) is 100 Å². The van der Waals surface area contributed by atoms with Gasteiger partial charge >= 0.3 is 6.03 Å². The van der Waals surface area contributed by atoms with Gasteiger partial charge in [-0.3, -0.25) is 10.1 Å². The van der Waals surface area contributed by atoms with Gasteiger partial charge in [-0.1, -0.05) is 6.07 Å². The van der Waals surface area contributed by atoms with Gasteiger partial charge in [-0.2, -0.15) is 0 Å². The third-order valence-corrected chi connectivity index (χ3v) is 4.03. The second-order valence-corrected chi connectivity index (χ2v) is 5.83. The number of rotatable bonds is 5. The van der Waals surface area contributed by atoms with Crippen molar-refractivity contribution >= 4 is 23.2 Å². The number of carbonyl (C=O) groups is 1. The Morgan fingerprint density at radius 3 is 2.48 bits per heavy atom. The zero-order valence-electron chi connectivity index (χ0n) is 13.6. The van der Waals surface area contributed by atoms with Gasteiger partial charge in [0.15, 0.2) is 0 Å². The van der Waals surface area contributed by atoms with Crippen LogP contribution in [-0.4, -0.2) is 29.0 Å². The quantitative estimate of drug-likeness (QED) is 0.643. The molecule has 2 amide bonds. The third kappa shape index (κ3) is 4.43. The Hall–Kier alpha value is -3.16. The average Bonchev–Trinajstić information content (AvgIpc) is 3.15. The van der Waals surface area contributed by atoms with Crippen molar-refractivity contribution < 1.29 is 9.72 Å². The van der Waals surface area contributed by atoms with Crippen LogP contribution in [-0.2, 0) is 6.54 Å². The predicted molar refractivity (Wildman–Crippen MR) is 94.6 cm³/mol. The maximum atomic E-state index is 11.9. The van der Waals surface area contributed by atoms with E-state index in [0.717, 1.165) is 24.5 Å². The Labute approximate surface area is 145 Å². The predicted octanol–water partition coefficient (Wildman–Crippen LogP) is 2.91. The number of anilines is 2. The molecule has 0 aliphatic carbocycles. The number of carbonyl (C=O) groups excluding carboxylic acids is 1. The number of aromatic nitrogens is 1. The first kappa shape index (κ1) is 16.7. The van der Waals surface area contributed by atoms with E-state index in [1.807, 2.05) is 12.1 Å². The van der Waals surface area contributed by atoms with E-state index in [0.29, 0.717) is 12.2 Å². The fraction of sp³-hybridized carbons (Fsp3) is 0.294. The lowest BCUT2D eigenvalue weighted by molar-refractivity contribution is -0.384. The van der Waals surface area contributed by atoms with Crippen LogP contribution in [0, 0.1) is 10.1 Å². The molecule has 0 saturated carbocycles. The molecular formula is C17H19N5O3. The highest BCUT2D eigenvalue weighted by molar-refractivity contribution is 5.89. The number of hydrogen-bond donors (Lipinski definition) is 2. The Morgan fingerprint density at radius 1 is 1.16 bits per heavy atom. The lowest BCUT2D eigenvalue weighted by Gasteiger charge is -2.16. The molecule has 0 radical (unpaired) electrons. The minimum atomic E-state index is -0.483. The fourth-order valence-corrected chi connectivity index (χ4v) is 2.68. The lowest BCUT2D eigenvalue weighted by atomic mass is 10.2. The van der Waals surface area contributed by atoms with Gasteiger partial charge in [0, 0.05) is 43.7 Å². The van der Waals surface area contributed by atoms with Crippen LogP contribution in [0.1, 0.15) is 18.4 Å². The Morgan fingerprint density at radius 2 is 1.88 bits per heavy atom. The molecule has 0 unspecified atom stereocenters. The first-order chi connectivity index (χ1) is 12.1. The van der Waals surface area contributed by atoms with Gasteiger partial charge in [-0.25, -0.2) is 9.78 Å². The zero-order chi connectivity index (χ0) is 17.6. The zero-order valence-corrected chi connectivity index (χ0v) is 13.6. The van der Waals surface area contributed by atoms with Crippen molar-refractivity contribution in [2.24, 2.45) is 0 Å². The van der Waals surface area contributed by atoms with Crippen LogP contribution in [0.15, 0.2) is 42.6 Å². The third-order valence-electron chi connectivity index (χ3n) is 4.03. The number of hydrogen-bond acceptors (Lipinski definition) is 5. The monoisotopic (exact) mass is 341 g/mol. The van der Waals surface area contributed by atoms with Gasteiger partial charge in [0.25, 0.3) is 5.69 Å². The molecule has 0 bridgehead atoms. The molecule has 2 N–H and O–H groups in total. The molecule has 2 heterocycles. The summed E-state index contributed by atoms with van der Waals surface area (Å²) in [5.41, 5.74) is 1.38. The number of non-ortho nitro benzene ring substituents is 1. The van der Waals surface area contributed by atoms with Gasteiger partial charge in [0.2, 0.25) is 0 Å². The summed E-state index contributed by atoms with van der Waals surface area (Å²) in [5, 5.41) is 16.0. The number of pyridine rings is 1. The van der Waals surface area contributed by atoms with Crippen LogP contribution in [0.25, 0.3) is 0 Å². The Bertz CT molecular complexity index is 740. The molecule has 0 atom stereocenters. The van der Waals surface area contributed by atoms with Gasteiger partial charge in [0.1, 0.15) is 5.82 Å². The molecule has 1 aromatic carbocycles. The molecular weight excluding hydrogens is 322 g/mol. The second-order valence-electron chi connectivity index (χ2n) is 5.83. The summed E-state index contributed by atoms with van der Waals surface area (Å²) < 4.78 is 0. The van der Waals surface area contributed by atoms with Gasteiger partial charge in [-0.15, -0.1) is 0 Å². The van der Waals surface area contributed by atoms with E-state index in [2.05, 4.69) is 20.5 Å². The summed E-state index contributed by atoms with van der Waals surface area (Å²) in [5.74, 6) is 0.969. The van der Waals surface area contributed by atoms with Crippen LogP contribution in [0.4, 0.5) is 22.0 Å². The van der Waals surface area contributed by atoms with Crippen LogP contribution >= 0.6 is 0 Å². The van der Waals surface area contributed by atoms with E-state index < -0.39 is 4.92 Å². The number of benzene rings is 1. The molecule has 1 saturated heterocycles. The highest BCUT2D eigenvalue weighted by atomic mass is 16.6.